The average molecular weight is 309 g/mol. The Bertz CT molecular complexity index is 656. The minimum atomic E-state index is 0.838. The van der Waals surface area contributed by atoms with E-state index in [0.717, 1.165) is 32.2 Å². The molecule has 2 aromatic heterocycles. The number of benzene rings is 1. The van der Waals surface area contributed by atoms with Crippen molar-refractivity contribution < 1.29 is 0 Å². The maximum atomic E-state index is 4.54. The van der Waals surface area contributed by atoms with Gasteiger partial charge in [0, 0.05) is 16.5 Å². The van der Waals surface area contributed by atoms with Crippen molar-refractivity contribution in [3.63, 3.8) is 0 Å². The molecule has 0 aliphatic rings. The molecule has 0 unspecified atom stereocenters. The number of aryl methyl sites for hydroxylation is 1. The van der Waals surface area contributed by atoms with Crippen molar-refractivity contribution in [2.75, 3.05) is 0 Å². The summed E-state index contributed by atoms with van der Waals surface area (Å²) < 4.78 is 2.89. The second-order valence-corrected chi connectivity index (χ2v) is 5.45. The summed E-state index contributed by atoms with van der Waals surface area (Å²) in [5.74, 6) is 0.902. The van der Waals surface area contributed by atoms with E-state index in [0.29, 0.717) is 0 Å². The minimum absolute atomic E-state index is 0.838. The fourth-order valence-corrected chi connectivity index (χ4v) is 2.72. The van der Waals surface area contributed by atoms with Crippen LogP contribution in [0.5, 0.6) is 0 Å². The zero-order valence-electron chi connectivity index (χ0n) is 9.09. The molecule has 0 radical (unpaired) electrons. The van der Waals surface area contributed by atoms with Gasteiger partial charge in [0.1, 0.15) is 5.01 Å². The van der Waals surface area contributed by atoms with Crippen molar-refractivity contribution in [2.24, 2.45) is 0 Å². The van der Waals surface area contributed by atoms with Crippen LogP contribution in [0.1, 0.15) is 12.7 Å². The molecule has 0 aliphatic carbocycles. The third-order valence-electron chi connectivity index (χ3n) is 2.46. The summed E-state index contributed by atoms with van der Waals surface area (Å²) in [7, 11) is 0. The van der Waals surface area contributed by atoms with Crippen molar-refractivity contribution >= 4 is 32.2 Å². The van der Waals surface area contributed by atoms with Crippen LogP contribution in [0, 0.1) is 0 Å². The van der Waals surface area contributed by atoms with Crippen LogP contribution >= 0.6 is 27.3 Å². The minimum Gasteiger partial charge on any atom is -0.187 e. The molecule has 4 nitrogen and oxygen atoms in total. The van der Waals surface area contributed by atoms with Gasteiger partial charge in [0.2, 0.25) is 4.96 Å². The molecule has 3 aromatic rings. The number of hydrogen-bond acceptors (Lipinski definition) is 4. The second kappa shape index (κ2) is 4.19. The zero-order valence-corrected chi connectivity index (χ0v) is 11.5. The molecule has 0 saturated heterocycles. The third kappa shape index (κ3) is 1.87. The van der Waals surface area contributed by atoms with Crippen LogP contribution in [-0.4, -0.2) is 19.8 Å². The molecule has 2 heterocycles. The van der Waals surface area contributed by atoms with Crippen LogP contribution in [0.15, 0.2) is 28.7 Å². The summed E-state index contributed by atoms with van der Waals surface area (Å²) in [6.07, 6.45) is 0.838. The Morgan fingerprint density at radius 2 is 2.00 bits per heavy atom. The Labute approximate surface area is 110 Å². The highest BCUT2D eigenvalue weighted by molar-refractivity contribution is 9.10. The Balaban J connectivity index is 2.11. The lowest BCUT2D eigenvalue weighted by Gasteiger charge is -1.95. The van der Waals surface area contributed by atoms with Gasteiger partial charge in [0.05, 0.1) is 0 Å². The third-order valence-corrected chi connectivity index (χ3v) is 3.94. The van der Waals surface area contributed by atoms with Crippen molar-refractivity contribution in [1.82, 2.24) is 19.8 Å². The standard InChI is InChI=1S/C11H9BrN4S/c1-2-9-13-14-11-16(9)15-10(17-11)7-3-5-8(12)6-4-7/h3-6H,2H2,1H3. The van der Waals surface area contributed by atoms with Crippen molar-refractivity contribution in [3.05, 3.63) is 34.6 Å². The van der Waals surface area contributed by atoms with Crippen LogP contribution in [0.25, 0.3) is 15.5 Å². The quantitative estimate of drug-likeness (QED) is 0.730. The lowest BCUT2D eigenvalue weighted by Crippen LogP contribution is -1.93. The molecular formula is C11H9BrN4S. The predicted molar refractivity (Wildman–Crippen MR) is 71.2 cm³/mol. The topological polar surface area (TPSA) is 43.1 Å². The molecule has 0 saturated carbocycles. The Morgan fingerprint density at radius 1 is 1.24 bits per heavy atom. The molecular weight excluding hydrogens is 300 g/mol. The van der Waals surface area contributed by atoms with Gasteiger partial charge in [-0.2, -0.15) is 9.61 Å². The lowest BCUT2D eigenvalue weighted by atomic mass is 10.2. The van der Waals surface area contributed by atoms with E-state index < -0.39 is 0 Å². The van der Waals surface area contributed by atoms with Gasteiger partial charge in [0.15, 0.2) is 5.82 Å². The molecule has 3 rings (SSSR count). The van der Waals surface area contributed by atoms with Gasteiger partial charge in [-0.15, -0.1) is 10.2 Å². The van der Waals surface area contributed by atoms with E-state index in [1.54, 1.807) is 11.3 Å². The van der Waals surface area contributed by atoms with Gasteiger partial charge in [-0.3, -0.25) is 0 Å². The molecule has 1 aromatic carbocycles. The summed E-state index contributed by atoms with van der Waals surface area (Å²) >= 11 is 4.98. The number of hydrogen-bond donors (Lipinski definition) is 0. The highest BCUT2D eigenvalue weighted by Gasteiger charge is 2.11. The lowest BCUT2D eigenvalue weighted by molar-refractivity contribution is 0.838. The summed E-state index contributed by atoms with van der Waals surface area (Å²) in [6, 6.07) is 8.11. The average Bonchev–Trinajstić information content (AvgIpc) is 2.89. The Kier molecular flexibility index (Phi) is 2.68. The van der Waals surface area contributed by atoms with Gasteiger partial charge >= 0.3 is 0 Å². The van der Waals surface area contributed by atoms with Gasteiger partial charge < -0.3 is 0 Å². The summed E-state index contributed by atoms with van der Waals surface area (Å²) in [5.41, 5.74) is 1.10. The highest BCUT2D eigenvalue weighted by Crippen LogP contribution is 2.26. The number of halogens is 1. The SMILES string of the molecule is CCc1nnc2sc(-c3ccc(Br)cc3)nn12. The Hall–Kier alpha value is -1.27. The molecule has 0 bridgehead atoms. The van der Waals surface area contributed by atoms with E-state index in [2.05, 4.69) is 38.1 Å². The Morgan fingerprint density at radius 3 is 2.71 bits per heavy atom. The van der Waals surface area contributed by atoms with Gasteiger partial charge in [-0.05, 0) is 12.1 Å². The van der Waals surface area contributed by atoms with Crippen LogP contribution < -0.4 is 0 Å². The first kappa shape index (κ1) is 10.9. The van der Waals surface area contributed by atoms with E-state index >= 15 is 0 Å². The normalized spacial score (nSPS) is 11.2. The fraction of sp³-hybridized carbons (Fsp3) is 0.182. The first-order chi connectivity index (χ1) is 8.28. The van der Waals surface area contributed by atoms with E-state index in [1.807, 2.05) is 28.8 Å². The van der Waals surface area contributed by atoms with Crippen LogP contribution in [0.4, 0.5) is 0 Å². The first-order valence-corrected chi connectivity index (χ1v) is 6.86. The zero-order chi connectivity index (χ0) is 11.8. The maximum absolute atomic E-state index is 4.54. The molecule has 0 atom stereocenters. The van der Waals surface area contributed by atoms with Crippen LogP contribution in [0.3, 0.4) is 0 Å². The predicted octanol–water partition coefficient (Wildman–Crippen LogP) is 3.18. The molecule has 86 valence electrons. The highest BCUT2D eigenvalue weighted by atomic mass is 79.9. The van der Waals surface area contributed by atoms with Crippen molar-refractivity contribution in [2.45, 2.75) is 13.3 Å². The first-order valence-electron chi connectivity index (χ1n) is 5.25. The molecule has 17 heavy (non-hydrogen) atoms. The molecule has 0 aliphatic heterocycles. The van der Waals surface area contributed by atoms with Crippen molar-refractivity contribution in [3.8, 4) is 10.6 Å². The molecule has 0 spiro atoms. The molecule has 6 heteroatoms. The largest absolute Gasteiger partial charge is 0.234 e. The number of nitrogens with zero attached hydrogens (tertiary/aromatic N) is 4. The second-order valence-electron chi connectivity index (χ2n) is 3.58. The van der Waals surface area contributed by atoms with E-state index in [-0.39, 0.29) is 0 Å². The summed E-state index contributed by atoms with van der Waals surface area (Å²) in [5, 5.41) is 13.7. The van der Waals surface area contributed by atoms with Crippen molar-refractivity contribution in [1.29, 1.82) is 0 Å². The van der Waals surface area contributed by atoms with Gasteiger partial charge in [-0.25, -0.2) is 0 Å². The van der Waals surface area contributed by atoms with E-state index in [9.17, 15) is 0 Å². The number of fused-ring (bicyclic) bond motifs is 1. The monoisotopic (exact) mass is 308 g/mol. The van der Waals surface area contributed by atoms with Gasteiger partial charge in [-0.1, -0.05) is 46.3 Å². The van der Waals surface area contributed by atoms with E-state index in [1.165, 1.54) is 0 Å². The maximum Gasteiger partial charge on any atom is 0.234 e. The number of rotatable bonds is 2. The molecule has 0 amide bonds. The molecule has 0 fully saturated rings. The van der Waals surface area contributed by atoms with Gasteiger partial charge in [0.25, 0.3) is 0 Å². The fourth-order valence-electron chi connectivity index (χ4n) is 1.59. The molecule has 0 N–H and O–H groups in total. The summed E-state index contributed by atoms with van der Waals surface area (Å²) in [4.78, 5) is 0.847. The number of aromatic nitrogens is 4. The smallest absolute Gasteiger partial charge is 0.187 e. The van der Waals surface area contributed by atoms with E-state index in [4.69, 9.17) is 0 Å². The summed E-state index contributed by atoms with van der Waals surface area (Å²) in [6.45, 7) is 2.05. The van der Waals surface area contributed by atoms with Crippen LogP contribution in [-0.2, 0) is 6.42 Å². The van der Waals surface area contributed by atoms with Crippen LogP contribution in [0.2, 0.25) is 0 Å².